The topological polar surface area (TPSA) is 29.5 Å². The maximum absolute atomic E-state index is 11.0. The van der Waals surface area contributed by atoms with Gasteiger partial charge in [0, 0.05) is 16.7 Å². The van der Waals surface area contributed by atoms with Gasteiger partial charge in [0.15, 0.2) is 0 Å². The highest BCUT2D eigenvalue weighted by Crippen LogP contribution is 2.34. The van der Waals surface area contributed by atoms with Crippen molar-refractivity contribution in [2.45, 2.75) is 18.9 Å². The Hall–Kier alpha value is -1.84. The normalized spacial score (nSPS) is 14.0. The molecule has 0 bridgehead atoms. The molecule has 1 atom stereocenters. The SMILES string of the molecule is COc1ccc(CC(C)(O)c2cccc3ccsc23)cc1. The third-order valence-electron chi connectivity index (χ3n) is 3.77. The van der Waals surface area contributed by atoms with Crippen LogP contribution in [0.2, 0.25) is 0 Å². The molecule has 1 heterocycles. The van der Waals surface area contributed by atoms with Crippen LogP contribution in [0.15, 0.2) is 53.9 Å². The zero-order valence-corrected chi connectivity index (χ0v) is 13.0. The van der Waals surface area contributed by atoms with Crippen molar-refractivity contribution in [3.8, 4) is 5.75 Å². The number of fused-ring (bicyclic) bond motifs is 1. The van der Waals surface area contributed by atoms with Crippen LogP contribution in [0.4, 0.5) is 0 Å². The minimum absolute atomic E-state index is 0.577. The van der Waals surface area contributed by atoms with Crippen LogP contribution in [-0.2, 0) is 12.0 Å². The zero-order chi connectivity index (χ0) is 14.9. The fourth-order valence-corrected chi connectivity index (χ4v) is 3.69. The maximum Gasteiger partial charge on any atom is 0.118 e. The third kappa shape index (κ3) is 2.80. The van der Waals surface area contributed by atoms with Crippen LogP contribution in [0.25, 0.3) is 10.1 Å². The maximum atomic E-state index is 11.0. The van der Waals surface area contributed by atoms with Crippen LogP contribution < -0.4 is 4.74 Å². The molecule has 0 radical (unpaired) electrons. The molecule has 0 spiro atoms. The lowest BCUT2D eigenvalue weighted by Gasteiger charge is -2.25. The predicted molar refractivity (Wildman–Crippen MR) is 88.1 cm³/mol. The molecule has 108 valence electrons. The van der Waals surface area contributed by atoms with Gasteiger partial charge in [-0.25, -0.2) is 0 Å². The summed E-state index contributed by atoms with van der Waals surface area (Å²) in [7, 11) is 1.66. The second-order valence-electron chi connectivity index (χ2n) is 5.44. The van der Waals surface area contributed by atoms with Crippen LogP contribution >= 0.6 is 11.3 Å². The predicted octanol–water partition coefficient (Wildman–Crippen LogP) is 4.36. The van der Waals surface area contributed by atoms with Crippen molar-refractivity contribution >= 4 is 21.4 Å². The number of rotatable bonds is 4. The van der Waals surface area contributed by atoms with Crippen molar-refractivity contribution in [1.29, 1.82) is 0 Å². The molecular formula is C18H18O2S. The van der Waals surface area contributed by atoms with Gasteiger partial charge in [-0.3, -0.25) is 0 Å². The van der Waals surface area contributed by atoms with E-state index in [-0.39, 0.29) is 0 Å². The van der Waals surface area contributed by atoms with Gasteiger partial charge in [0.05, 0.1) is 12.7 Å². The summed E-state index contributed by atoms with van der Waals surface area (Å²) in [6.07, 6.45) is 0.577. The van der Waals surface area contributed by atoms with E-state index in [1.54, 1.807) is 18.4 Å². The molecule has 1 aromatic heterocycles. The van der Waals surface area contributed by atoms with E-state index in [4.69, 9.17) is 4.74 Å². The fourth-order valence-electron chi connectivity index (χ4n) is 2.65. The molecule has 0 amide bonds. The number of thiophene rings is 1. The highest BCUT2D eigenvalue weighted by Gasteiger charge is 2.26. The Labute approximate surface area is 128 Å². The number of hydrogen-bond acceptors (Lipinski definition) is 3. The van der Waals surface area contributed by atoms with Crippen LogP contribution in [-0.4, -0.2) is 12.2 Å². The quantitative estimate of drug-likeness (QED) is 0.775. The largest absolute Gasteiger partial charge is 0.497 e. The van der Waals surface area contributed by atoms with Crippen molar-refractivity contribution in [2.24, 2.45) is 0 Å². The molecule has 3 heteroatoms. The zero-order valence-electron chi connectivity index (χ0n) is 12.2. The summed E-state index contributed by atoms with van der Waals surface area (Å²) in [5, 5.41) is 14.2. The molecule has 1 unspecified atom stereocenters. The molecule has 0 saturated carbocycles. The molecule has 2 nitrogen and oxygen atoms in total. The molecule has 0 fully saturated rings. The summed E-state index contributed by atoms with van der Waals surface area (Å²) in [5.74, 6) is 0.832. The average Bonchev–Trinajstić information content (AvgIpc) is 2.95. The van der Waals surface area contributed by atoms with Crippen LogP contribution in [0.1, 0.15) is 18.1 Å². The van der Waals surface area contributed by atoms with E-state index in [1.165, 1.54) is 5.39 Å². The smallest absolute Gasteiger partial charge is 0.118 e. The number of methoxy groups -OCH3 is 1. The summed E-state index contributed by atoms with van der Waals surface area (Å²) in [5.41, 5.74) is 1.19. The average molecular weight is 298 g/mol. The van der Waals surface area contributed by atoms with E-state index < -0.39 is 5.60 Å². The van der Waals surface area contributed by atoms with Gasteiger partial charge >= 0.3 is 0 Å². The van der Waals surface area contributed by atoms with Gasteiger partial charge < -0.3 is 9.84 Å². The summed E-state index contributed by atoms with van der Waals surface area (Å²) in [6.45, 7) is 1.88. The minimum atomic E-state index is -0.890. The molecule has 3 aromatic rings. The van der Waals surface area contributed by atoms with Gasteiger partial charge in [-0.15, -0.1) is 11.3 Å². The van der Waals surface area contributed by atoms with E-state index in [0.29, 0.717) is 6.42 Å². The summed E-state index contributed by atoms with van der Waals surface area (Å²) < 4.78 is 6.33. The first-order valence-corrected chi connectivity index (χ1v) is 7.80. The minimum Gasteiger partial charge on any atom is -0.497 e. The standard InChI is InChI=1S/C18H18O2S/c1-18(19,12-13-6-8-15(20-2)9-7-13)16-5-3-4-14-10-11-21-17(14)16/h3-11,19H,12H2,1-2H3. The molecular weight excluding hydrogens is 280 g/mol. The van der Waals surface area contributed by atoms with Crippen LogP contribution in [0, 0.1) is 0 Å². The molecule has 0 aliphatic carbocycles. The molecule has 3 rings (SSSR count). The molecule has 2 aromatic carbocycles. The summed E-state index contributed by atoms with van der Waals surface area (Å²) in [6, 6.07) is 16.1. The fraction of sp³-hybridized carbons (Fsp3) is 0.222. The van der Waals surface area contributed by atoms with E-state index in [1.807, 2.05) is 43.3 Å². The van der Waals surface area contributed by atoms with Crippen molar-refractivity contribution in [1.82, 2.24) is 0 Å². The van der Waals surface area contributed by atoms with Gasteiger partial charge in [0.1, 0.15) is 5.75 Å². The Morgan fingerprint density at radius 3 is 2.57 bits per heavy atom. The second-order valence-corrected chi connectivity index (χ2v) is 6.36. The monoisotopic (exact) mass is 298 g/mol. The Bertz CT molecular complexity index is 741. The lowest BCUT2D eigenvalue weighted by Crippen LogP contribution is -2.24. The molecule has 0 aliphatic rings. The second kappa shape index (κ2) is 5.51. The Balaban J connectivity index is 1.93. The van der Waals surface area contributed by atoms with E-state index in [0.717, 1.165) is 21.6 Å². The first kappa shape index (κ1) is 14.1. The highest BCUT2D eigenvalue weighted by atomic mass is 32.1. The first-order valence-electron chi connectivity index (χ1n) is 6.92. The molecule has 21 heavy (non-hydrogen) atoms. The first-order chi connectivity index (χ1) is 10.1. The van der Waals surface area contributed by atoms with Gasteiger partial charge in [-0.05, 0) is 41.5 Å². The van der Waals surface area contributed by atoms with Gasteiger partial charge in [-0.2, -0.15) is 0 Å². The Morgan fingerprint density at radius 2 is 1.86 bits per heavy atom. The van der Waals surface area contributed by atoms with Crippen molar-refractivity contribution in [3.63, 3.8) is 0 Å². The number of aliphatic hydroxyl groups is 1. The summed E-state index contributed by atoms with van der Waals surface area (Å²) >= 11 is 1.68. The van der Waals surface area contributed by atoms with Crippen molar-refractivity contribution in [2.75, 3.05) is 7.11 Å². The van der Waals surface area contributed by atoms with Gasteiger partial charge in [-0.1, -0.05) is 30.3 Å². The number of ether oxygens (including phenoxy) is 1. The van der Waals surface area contributed by atoms with E-state index in [9.17, 15) is 5.11 Å². The van der Waals surface area contributed by atoms with Gasteiger partial charge in [0.2, 0.25) is 0 Å². The lowest BCUT2D eigenvalue weighted by molar-refractivity contribution is 0.0593. The molecule has 0 aliphatic heterocycles. The third-order valence-corrected chi connectivity index (χ3v) is 4.73. The number of hydrogen-bond donors (Lipinski definition) is 1. The van der Waals surface area contributed by atoms with Crippen molar-refractivity contribution in [3.05, 3.63) is 65.0 Å². The van der Waals surface area contributed by atoms with Crippen LogP contribution in [0.5, 0.6) is 5.75 Å². The van der Waals surface area contributed by atoms with E-state index >= 15 is 0 Å². The number of benzene rings is 2. The molecule has 1 N–H and O–H groups in total. The van der Waals surface area contributed by atoms with Crippen molar-refractivity contribution < 1.29 is 9.84 Å². The lowest BCUT2D eigenvalue weighted by atomic mass is 9.88. The Kier molecular flexibility index (Phi) is 3.70. The van der Waals surface area contributed by atoms with E-state index in [2.05, 4.69) is 17.5 Å². The Morgan fingerprint density at radius 1 is 1.10 bits per heavy atom. The van der Waals surface area contributed by atoms with Crippen LogP contribution in [0.3, 0.4) is 0 Å². The van der Waals surface area contributed by atoms with Gasteiger partial charge in [0.25, 0.3) is 0 Å². The summed E-state index contributed by atoms with van der Waals surface area (Å²) in [4.78, 5) is 0. The highest BCUT2D eigenvalue weighted by molar-refractivity contribution is 7.17. The molecule has 0 saturated heterocycles.